The Kier molecular flexibility index (Phi) is 14.4. The summed E-state index contributed by atoms with van der Waals surface area (Å²) < 4.78 is 10.1. The zero-order valence-corrected chi connectivity index (χ0v) is 15.9. The SMILES string of the molecule is C=C.CCOC(C)OCC.O=Cc1ccccc1/C=C/c1cccnc1. The fourth-order valence-corrected chi connectivity index (χ4v) is 1.95. The second-order valence-electron chi connectivity index (χ2n) is 4.84. The summed E-state index contributed by atoms with van der Waals surface area (Å²) in [7, 11) is 0. The monoisotopic (exact) mass is 355 g/mol. The van der Waals surface area contributed by atoms with E-state index in [0.717, 1.165) is 30.6 Å². The number of carbonyl (C=O) groups excluding carboxylic acids is 1. The van der Waals surface area contributed by atoms with Crippen LogP contribution >= 0.6 is 0 Å². The van der Waals surface area contributed by atoms with Crippen LogP contribution < -0.4 is 0 Å². The maximum absolute atomic E-state index is 10.8. The summed E-state index contributed by atoms with van der Waals surface area (Å²) in [6.45, 7) is 13.3. The maximum atomic E-state index is 10.8. The van der Waals surface area contributed by atoms with Crippen LogP contribution in [0.2, 0.25) is 0 Å². The average molecular weight is 355 g/mol. The number of rotatable bonds is 7. The highest BCUT2D eigenvalue weighted by atomic mass is 16.7. The van der Waals surface area contributed by atoms with Crippen molar-refractivity contribution in [2.45, 2.75) is 27.1 Å². The van der Waals surface area contributed by atoms with Gasteiger partial charge in [0, 0.05) is 31.2 Å². The molecule has 0 N–H and O–H groups in total. The molecule has 140 valence electrons. The summed E-state index contributed by atoms with van der Waals surface area (Å²) in [4.78, 5) is 14.8. The normalized spacial score (nSPS) is 9.85. The Labute approximate surface area is 157 Å². The van der Waals surface area contributed by atoms with Gasteiger partial charge in [0.2, 0.25) is 0 Å². The summed E-state index contributed by atoms with van der Waals surface area (Å²) in [5.41, 5.74) is 2.63. The van der Waals surface area contributed by atoms with Gasteiger partial charge in [-0.3, -0.25) is 9.78 Å². The van der Waals surface area contributed by atoms with Gasteiger partial charge in [-0.2, -0.15) is 0 Å². The molecule has 1 heterocycles. The van der Waals surface area contributed by atoms with Gasteiger partial charge in [-0.15, -0.1) is 13.2 Å². The molecule has 0 bridgehead atoms. The number of benzene rings is 1. The van der Waals surface area contributed by atoms with E-state index < -0.39 is 0 Å². The van der Waals surface area contributed by atoms with Crippen LogP contribution in [0.5, 0.6) is 0 Å². The number of aldehydes is 1. The van der Waals surface area contributed by atoms with Crippen molar-refractivity contribution in [3.63, 3.8) is 0 Å². The molecule has 0 aliphatic heterocycles. The van der Waals surface area contributed by atoms with E-state index in [4.69, 9.17) is 9.47 Å². The van der Waals surface area contributed by atoms with Crippen LogP contribution in [0, 0.1) is 0 Å². The Hall–Kier alpha value is -2.56. The van der Waals surface area contributed by atoms with Crippen molar-refractivity contribution in [3.8, 4) is 0 Å². The van der Waals surface area contributed by atoms with E-state index in [1.54, 1.807) is 18.5 Å². The summed E-state index contributed by atoms with van der Waals surface area (Å²) in [5.74, 6) is 0. The molecule has 0 radical (unpaired) electrons. The number of pyridine rings is 1. The molecule has 2 rings (SSSR count). The molecule has 1 aromatic carbocycles. The van der Waals surface area contributed by atoms with Gasteiger partial charge in [-0.1, -0.05) is 42.5 Å². The predicted molar refractivity (Wildman–Crippen MR) is 109 cm³/mol. The zero-order chi connectivity index (χ0) is 19.6. The molecular formula is C22H29NO3. The predicted octanol–water partition coefficient (Wildman–Crippen LogP) is 5.27. The first-order valence-electron chi connectivity index (χ1n) is 8.56. The minimum Gasteiger partial charge on any atom is -0.353 e. The molecule has 1 aromatic heterocycles. The number of ether oxygens (including phenoxy) is 2. The molecule has 2 aromatic rings. The van der Waals surface area contributed by atoms with Gasteiger partial charge in [-0.05, 0) is 38.0 Å². The molecule has 0 fully saturated rings. The van der Waals surface area contributed by atoms with Crippen LogP contribution in [-0.2, 0) is 9.47 Å². The van der Waals surface area contributed by atoms with Crippen molar-refractivity contribution in [2.75, 3.05) is 13.2 Å². The highest BCUT2D eigenvalue weighted by Crippen LogP contribution is 2.10. The molecule has 0 saturated heterocycles. The smallest absolute Gasteiger partial charge is 0.154 e. The van der Waals surface area contributed by atoms with E-state index >= 15 is 0 Å². The van der Waals surface area contributed by atoms with Crippen LogP contribution in [-0.4, -0.2) is 30.8 Å². The van der Waals surface area contributed by atoms with Crippen LogP contribution in [0.4, 0.5) is 0 Å². The molecular weight excluding hydrogens is 326 g/mol. The largest absolute Gasteiger partial charge is 0.353 e. The van der Waals surface area contributed by atoms with Crippen molar-refractivity contribution in [1.82, 2.24) is 4.98 Å². The van der Waals surface area contributed by atoms with E-state index in [0.29, 0.717) is 5.56 Å². The van der Waals surface area contributed by atoms with E-state index in [1.165, 1.54) is 0 Å². The first-order chi connectivity index (χ1) is 12.7. The highest BCUT2D eigenvalue weighted by Gasteiger charge is 1.95. The molecule has 26 heavy (non-hydrogen) atoms. The van der Waals surface area contributed by atoms with Crippen molar-refractivity contribution >= 4 is 18.4 Å². The Morgan fingerprint density at radius 3 is 2.12 bits per heavy atom. The standard InChI is InChI=1S/C14H11NO.C6H14O2.C2H4/c16-11-14-6-2-1-5-13(14)8-7-12-4-3-9-15-10-12;1-4-7-6(3)8-5-2;1-2/h1-11H;6H,4-5H2,1-3H3;1-2H2/b8-7+;;. The minimum absolute atomic E-state index is 0.0370. The zero-order valence-electron chi connectivity index (χ0n) is 15.9. The Morgan fingerprint density at radius 2 is 1.62 bits per heavy atom. The topological polar surface area (TPSA) is 48.4 Å². The molecule has 0 spiro atoms. The highest BCUT2D eigenvalue weighted by molar-refractivity contribution is 5.84. The van der Waals surface area contributed by atoms with Crippen molar-refractivity contribution in [1.29, 1.82) is 0 Å². The van der Waals surface area contributed by atoms with Crippen molar-refractivity contribution in [3.05, 3.63) is 78.6 Å². The van der Waals surface area contributed by atoms with Crippen LogP contribution in [0.3, 0.4) is 0 Å². The van der Waals surface area contributed by atoms with Gasteiger partial charge in [0.15, 0.2) is 12.6 Å². The summed E-state index contributed by atoms with van der Waals surface area (Å²) >= 11 is 0. The van der Waals surface area contributed by atoms with Gasteiger partial charge in [0.1, 0.15) is 0 Å². The van der Waals surface area contributed by atoms with Gasteiger partial charge in [0.05, 0.1) is 0 Å². The molecule has 4 heteroatoms. The third-order valence-corrected chi connectivity index (χ3v) is 3.07. The van der Waals surface area contributed by atoms with E-state index in [1.807, 2.05) is 63.3 Å². The Morgan fingerprint density at radius 1 is 1.00 bits per heavy atom. The molecule has 0 aliphatic carbocycles. The molecule has 0 saturated carbocycles. The van der Waals surface area contributed by atoms with Gasteiger partial charge in [0.25, 0.3) is 0 Å². The number of aromatic nitrogens is 1. The lowest BCUT2D eigenvalue weighted by atomic mass is 10.1. The van der Waals surface area contributed by atoms with E-state index in [-0.39, 0.29) is 6.29 Å². The van der Waals surface area contributed by atoms with Crippen LogP contribution in [0.1, 0.15) is 42.3 Å². The Balaban J connectivity index is 0.000000533. The molecule has 0 unspecified atom stereocenters. The van der Waals surface area contributed by atoms with Crippen molar-refractivity contribution in [2.24, 2.45) is 0 Å². The van der Waals surface area contributed by atoms with Gasteiger partial charge < -0.3 is 9.47 Å². The summed E-state index contributed by atoms with van der Waals surface area (Å²) in [6.07, 6.45) is 8.19. The fourth-order valence-electron chi connectivity index (χ4n) is 1.95. The lowest BCUT2D eigenvalue weighted by Gasteiger charge is -2.09. The van der Waals surface area contributed by atoms with Crippen molar-refractivity contribution < 1.29 is 14.3 Å². The molecule has 0 amide bonds. The quantitative estimate of drug-likeness (QED) is 0.385. The van der Waals surface area contributed by atoms with Gasteiger partial charge >= 0.3 is 0 Å². The van der Waals surface area contributed by atoms with E-state index in [2.05, 4.69) is 18.1 Å². The summed E-state index contributed by atoms with van der Waals surface area (Å²) in [6, 6.07) is 11.3. The third-order valence-electron chi connectivity index (χ3n) is 3.07. The first kappa shape index (κ1) is 23.4. The van der Waals surface area contributed by atoms with Gasteiger partial charge in [-0.25, -0.2) is 0 Å². The fraction of sp³-hybridized carbons (Fsp3) is 0.273. The first-order valence-corrected chi connectivity index (χ1v) is 8.56. The number of hydrogen-bond acceptors (Lipinski definition) is 4. The lowest BCUT2D eigenvalue weighted by Crippen LogP contribution is -2.11. The van der Waals surface area contributed by atoms with Crippen LogP contribution in [0.15, 0.2) is 61.9 Å². The number of nitrogens with zero attached hydrogens (tertiary/aromatic N) is 1. The Bertz CT molecular complexity index is 620. The third kappa shape index (κ3) is 10.3. The maximum Gasteiger partial charge on any atom is 0.154 e. The van der Waals surface area contributed by atoms with Crippen LogP contribution in [0.25, 0.3) is 12.2 Å². The second kappa shape index (κ2) is 15.9. The molecule has 0 aliphatic rings. The second-order valence-corrected chi connectivity index (χ2v) is 4.84. The number of carbonyl (C=O) groups is 1. The molecule has 4 nitrogen and oxygen atoms in total. The minimum atomic E-state index is -0.0370. The average Bonchev–Trinajstić information content (AvgIpc) is 2.70. The van der Waals surface area contributed by atoms with E-state index in [9.17, 15) is 4.79 Å². The summed E-state index contributed by atoms with van der Waals surface area (Å²) in [5, 5.41) is 0. The lowest BCUT2D eigenvalue weighted by molar-refractivity contribution is -0.123. The molecule has 0 atom stereocenters. The number of hydrogen-bond donors (Lipinski definition) is 0.